The molecule has 61 heavy (non-hydrogen) atoms. The molecular formula is C59H37NO. The summed E-state index contributed by atoms with van der Waals surface area (Å²) in [6, 6.07) is 82.4. The third-order valence-corrected chi connectivity index (χ3v) is 13.3. The zero-order chi connectivity index (χ0) is 40.1. The number of benzene rings is 11. The van der Waals surface area contributed by atoms with Gasteiger partial charge in [-0.2, -0.15) is 0 Å². The minimum absolute atomic E-state index is 0.637. The predicted octanol–water partition coefficient (Wildman–Crippen LogP) is 15.9. The summed E-state index contributed by atoms with van der Waals surface area (Å²) in [5.74, 6) is 1.85. The van der Waals surface area contributed by atoms with Gasteiger partial charge in [0, 0.05) is 38.5 Å². The second kappa shape index (κ2) is 13.0. The Balaban J connectivity index is 1.13. The lowest BCUT2D eigenvalue weighted by atomic mass is 9.65. The molecular weight excluding hydrogens is 739 g/mol. The number of fused-ring (bicyclic) bond motifs is 15. The van der Waals surface area contributed by atoms with Crippen molar-refractivity contribution in [2.75, 3.05) is 4.90 Å². The fourth-order valence-corrected chi connectivity index (χ4v) is 10.7. The number of hydrogen-bond donors (Lipinski definition) is 0. The van der Waals surface area contributed by atoms with Crippen molar-refractivity contribution in [3.8, 4) is 33.8 Å². The van der Waals surface area contributed by atoms with Gasteiger partial charge in [0.25, 0.3) is 0 Å². The van der Waals surface area contributed by atoms with E-state index in [2.05, 4.69) is 229 Å². The monoisotopic (exact) mass is 775 g/mol. The summed E-state index contributed by atoms with van der Waals surface area (Å²) in [6.07, 6.45) is 0. The summed E-state index contributed by atoms with van der Waals surface area (Å²) >= 11 is 0. The smallest absolute Gasteiger partial charge is 0.140 e. The van der Waals surface area contributed by atoms with Crippen LogP contribution in [0.4, 0.5) is 17.1 Å². The third-order valence-electron chi connectivity index (χ3n) is 13.3. The molecule has 284 valence electrons. The molecule has 2 nitrogen and oxygen atoms in total. The van der Waals surface area contributed by atoms with Crippen LogP contribution in [-0.4, -0.2) is 0 Å². The van der Waals surface area contributed by atoms with Crippen molar-refractivity contribution in [1.29, 1.82) is 0 Å². The molecule has 0 N–H and O–H groups in total. The summed E-state index contributed by atoms with van der Waals surface area (Å²) in [4.78, 5) is 2.47. The summed E-state index contributed by atoms with van der Waals surface area (Å²) < 4.78 is 7.24. The van der Waals surface area contributed by atoms with Gasteiger partial charge in [-0.3, -0.25) is 0 Å². The van der Waals surface area contributed by atoms with Crippen LogP contribution in [0, 0.1) is 0 Å². The van der Waals surface area contributed by atoms with Gasteiger partial charge in [-0.05, 0) is 79.0 Å². The predicted molar refractivity (Wildman–Crippen MR) is 254 cm³/mol. The van der Waals surface area contributed by atoms with Crippen molar-refractivity contribution in [2.24, 2.45) is 0 Å². The highest BCUT2D eigenvalue weighted by molar-refractivity contribution is 6.06. The molecule has 11 aromatic carbocycles. The highest BCUT2D eigenvalue weighted by Crippen LogP contribution is 2.65. The van der Waals surface area contributed by atoms with Crippen LogP contribution in [0.3, 0.4) is 0 Å². The zero-order valence-electron chi connectivity index (χ0n) is 33.2. The van der Waals surface area contributed by atoms with E-state index in [9.17, 15) is 0 Å². The number of hydrogen-bond acceptors (Lipinski definition) is 2. The minimum Gasteiger partial charge on any atom is -0.455 e. The van der Waals surface area contributed by atoms with Gasteiger partial charge in [-0.15, -0.1) is 0 Å². The molecule has 2 heteroatoms. The van der Waals surface area contributed by atoms with Gasteiger partial charge in [0.2, 0.25) is 0 Å². The van der Waals surface area contributed by atoms with Gasteiger partial charge >= 0.3 is 0 Å². The van der Waals surface area contributed by atoms with Crippen molar-refractivity contribution in [1.82, 2.24) is 0 Å². The molecule has 0 unspecified atom stereocenters. The number of rotatable bonds is 4. The summed E-state index contributed by atoms with van der Waals surface area (Å²) in [6.45, 7) is 0. The molecule has 0 bridgehead atoms. The number of anilines is 3. The first-order valence-electron chi connectivity index (χ1n) is 21.1. The van der Waals surface area contributed by atoms with Crippen LogP contribution in [0.1, 0.15) is 22.3 Å². The number of nitrogens with zero attached hydrogens (tertiary/aromatic N) is 1. The van der Waals surface area contributed by atoms with E-state index < -0.39 is 5.41 Å². The maximum atomic E-state index is 7.24. The van der Waals surface area contributed by atoms with E-state index in [1.165, 1.54) is 60.5 Å². The lowest BCUT2D eigenvalue weighted by Crippen LogP contribution is -2.32. The van der Waals surface area contributed by atoms with Crippen LogP contribution >= 0.6 is 0 Å². The van der Waals surface area contributed by atoms with E-state index in [0.29, 0.717) is 0 Å². The topological polar surface area (TPSA) is 12.5 Å². The van der Waals surface area contributed by atoms with Gasteiger partial charge in [-0.25, -0.2) is 0 Å². The average Bonchev–Trinajstić information content (AvgIpc) is 3.62. The molecule has 1 heterocycles. The van der Waals surface area contributed by atoms with Crippen molar-refractivity contribution >= 4 is 60.2 Å². The van der Waals surface area contributed by atoms with Crippen LogP contribution in [0.15, 0.2) is 224 Å². The van der Waals surface area contributed by atoms with Gasteiger partial charge in [-0.1, -0.05) is 200 Å². The maximum absolute atomic E-state index is 7.24. The normalized spacial score (nSPS) is 13.2. The molecule has 0 aromatic heterocycles. The van der Waals surface area contributed by atoms with E-state index in [-0.39, 0.29) is 0 Å². The second-order valence-corrected chi connectivity index (χ2v) is 16.3. The highest BCUT2D eigenvalue weighted by atomic mass is 16.5. The molecule has 2 aliphatic rings. The third kappa shape index (κ3) is 4.79. The van der Waals surface area contributed by atoms with E-state index >= 15 is 0 Å². The lowest BCUT2D eigenvalue weighted by molar-refractivity contribution is 0.447. The molecule has 0 saturated heterocycles. The molecule has 0 atom stereocenters. The standard InChI is InChI=1S/C59H37NO/c1-2-19-42-37-43(34-31-38(42)15-1)60(54-30-13-20-39-16-3-6-21-44(39)54)55-29-12-10-24-47(55)48-26-14-28-51-56(48)49-25-9-11-27-50(49)59(51)52-35-32-40-17-4-7-22-45(40)57(52)61-58-46-23-8-5-18-41(46)33-36-53(58)59/h1-37H. The van der Waals surface area contributed by atoms with Crippen LogP contribution in [0.5, 0.6) is 11.5 Å². The van der Waals surface area contributed by atoms with Crippen molar-refractivity contribution < 1.29 is 4.74 Å². The zero-order valence-corrected chi connectivity index (χ0v) is 33.2. The average molecular weight is 776 g/mol. The fraction of sp³-hybridized carbons (Fsp3) is 0.0169. The number of para-hydroxylation sites is 1. The van der Waals surface area contributed by atoms with Crippen LogP contribution in [-0.2, 0) is 5.41 Å². The SMILES string of the molecule is c1ccc(N(c2ccc3ccccc3c2)c2cccc3ccccc23)c(-c2cccc3c2-c2ccccc2C32c3ccc4ccccc4c3Oc3c2ccc2ccccc32)c1. The van der Waals surface area contributed by atoms with E-state index in [1.807, 2.05) is 0 Å². The Bertz CT molecular complexity index is 3510. The Morgan fingerprint density at radius 1 is 0.311 bits per heavy atom. The molecule has 0 saturated carbocycles. The van der Waals surface area contributed by atoms with Gasteiger partial charge in [0.05, 0.1) is 16.8 Å². The van der Waals surface area contributed by atoms with Gasteiger partial charge in [0.1, 0.15) is 11.5 Å². The van der Waals surface area contributed by atoms with E-state index in [4.69, 9.17) is 4.74 Å². The first-order valence-corrected chi connectivity index (χ1v) is 21.1. The maximum Gasteiger partial charge on any atom is 0.140 e. The Hall–Kier alpha value is -7.94. The van der Waals surface area contributed by atoms with Crippen LogP contribution in [0.2, 0.25) is 0 Å². The van der Waals surface area contributed by atoms with E-state index in [0.717, 1.165) is 55.7 Å². The molecule has 0 amide bonds. The van der Waals surface area contributed by atoms with Crippen molar-refractivity contribution in [3.63, 3.8) is 0 Å². The fourth-order valence-electron chi connectivity index (χ4n) is 10.7. The first-order chi connectivity index (χ1) is 30.3. The van der Waals surface area contributed by atoms with Gasteiger partial charge in [0.15, 0.2) is 0 Å². The molecule has 1 aliphatic carbocycles. The van der Waals surface area contributed by atoms with Crippen molar-refractivity contribution in [2.45, 2.75) is 5.41 Å². The Labute approximate surface area is 354 Å². The molecule has 0 radical (unpaired) electrons. The summed E-state index contributed by atoms with van der Waals surface area (Å²) in [7, 11) is 0. The summed E-state index contributed by atoms with van der Waals surface area (Å²) in [5.41, 5.74) is 12.4. The summed E-state index contributed by atoms with van der Waals surface area (Å²) in [5, 5.41) is 9.39. The van der Waals surface area contributed by atoms with Crippen LogP contribution < -0.4 is 9.64 Å². The Kier molecular flexibility index (Phi) is 7.26. The first kappa shape index (κ1) is 34.0. The van der Waals surface area contributed by atoms with Crippen molar-refractivity contribution in [3.05, 3.63) is 247 Å². The Morgan fingerprint density at radius 2 is 0.803 bits per heavy atom. The number of ether oxygens (including phenoxy) is 1. The molecule has 13 rings (SSSR count). The molecule has 0 fully saturated rings. The molecule has 1 aliphatic heterocycles. The highest BCUT2D eigenvalue weighted by Gasteiger charge is 2.52. The van der Waals surface area contributed by atoms with E-state index in [1.54, 1.807) is 0 Å². The second-order valence-electron chi connectivity index (χ2n) is 16.3. The van der Waals surface area contributed by atoms with Crippen LogP contribution in [0.25, 0.3) is 65.3 Å². The minimum atomic E-state index is -0.637. The lowest BCUT2D eigenvalue weighted by Gasteiger charge is -2.40. The molecule has 1 spiro atoms. The largest absolute Gasteiger partial charge is 0.455 e. The molecule has 11 aromatic rings. The Morgan fingerprint density at radius 3 is 1.54 bits per heavy atom. The van der Waals surface area contributed by atoms with Gasteiger partial charge < -0.3 is 9.64 Å². The quantitative estimate of drug-likeness (QED) is 0.177.